The normalized spacial score (nSPS) is 22.3. The molecule has 0 amide bonds. The number of imidazole rings is 1. The van der Waals surface area contributed by atoms with Gasteiger partial charge in [-0.2, -0.15) is 0 Å². The molecule has 146 valence electrons. The van der Waals surface area contributed by atoms with Crippen molar-refractivity contribution in [1.29, 1.82) is 0 Å². The molecule has 0 N–H and O–H groups in total. The highest BCUT2D eigenvalue weighted by Gasteiger charge is 2.28. The Morgan fingerprint density at radius 2 is 1.85 bits per heavy atom. The van der Waals surface area contributed by atoms with Crippen LogP contribution in [0.25, 0.3) is 0 Å². The third-order valence-corrected chi connectivity index (χ3v) is 6.01. The third-order valence-electron chi connectivity index (χ3n) is 6.01. The van der Waals surface area contributed by atoms with Gasteiger partial charge in [0.05, 0.1) is 6.54 Å². The number of likely N-dealkylation sites (tertiary alicyclic amines) is 1. The molecule has 1 atom stereocenters. The molecule has 2 aromatic rings. The van der Waals surface area contributed by atoms with Gasteiger partial charge in [0.25, 0.3) is 0 Å². The van der Waals surface area contributed by atoms with E-state index in [2.05, 4.69) is 37.4 Å². The van der Waals surface area contributed by atoms with Gasteiger partial charge in [0.2, 0.25) is 0 Å². The van der Waals surface area contributed by atoms with E-state index in [0.717, 1.165) is 51.5 Å². The van der Waals surface area contributed by atoms with Crippen molar-refractivity contribution in [2.45, 2.75) is 38.9 Å². The molecule has 0 radical (unpaired) electrons. The molecule has 2 aliphatic heterocycles. The Morgan fingerprint density at radius 1 is 1.07 bits per heavy atom. The minimum atomic E-state index is -0.164. The fourth-order valence-corrected chi connectivity index (χ4v) is 4.45. The summed E-state index contributed by atoms with van der Waals surface area (Å²) in [4.78, 5) is 12.1. The summed E-state index contributed by atoms with van der Waals surface area (Å²) in [5, 5.41) is 0. The van der Waals surface area contributed by atoms with E-state index in [-0.39, 0.29) is 5.82 Å². The van der Waals surface area contributed by atoms with Gasteiger partial charge in [0.1, 0.15) is 11.6 Å². The van der Waals surface area contributed by atoms with Crippen LogP contribution in [0.15, 0.2) is 36.7 Å². The highest BCUT2D eigenvalue weighted by atomic mass is 19.1. The zero-order chi connectivity index (χ0) is 18.6. The number of aromatic nitrogens is 2. The molecule has 0 spiro atoms. The topological polar surface area (TPSA) is 27.5 Å². The summed E-state index contributed by atoms with van der Waals surface area (Å²) in [6, 6.07) is 7.54. The van der Waals surface area contributed by atoms with Gasteiger partial charge in [0.15, 0.2) is 0 Å². The molecule has 5 nitrogen and oxygen atoms in total. The molecule has 1 unspecified atom stereocenters. The average molecular weight is 372 g/mol. The fourth-order valence-electron chi connectivity index (χ4n) is 4.45. The van der Waals surface area contributed by atoms with Crippen LogP contribution in [0, 0.1) is 5.82 Å². The van der Waals surface area contributed by atoms with Gasteiger partial charge < -0.3 is 9.47 Å². The number of aryl methyl sites for hydroxylation is 1. The second-order valence-corrected chi connectivity index (χ2v) is 7.66. The molecule has 1 aromatic heterocycles. The molecule has 2 aliphatic rings. The van der Waals surface area contributed by atoms with Crippen molar-refractivity contribution >= 4 is 5.69 Å². The van der Waals surface area contributed by atoms with Crippen molar-refractivity contribution in [3.63, 3.8) is 0 Å². The third kappa shape index (κ3) is 4.33. The van der Waals surface area contributed by atoms with E-state index < -0.39 is 0 Å². The van der Waals surface area contributed by atoms with Gasteiger partial charge in [-0.25, -0.2) is 9.37 Å². The van der Waals surface area contributed by atoms with Crippen molar-refractivity contribution in [3.05, 3.63) is 48.3 Å². The van der Waals surface area contributed by atoms with E-state index in [4.69, 9.17) is 0 Å². The lowest BCUT2D eigenvalue weighted by molar-refractivity contribution is 0.0867. The van der Waals surface area contributed by atoms with Crippen molar-refractivity contribution in [2.24, 2.45) is 0 Å². The number of benzene rings is 1. The molecule has 0 aliphatic carbocycles. The Labute approximate surface area is 161 Å². The maximum Gasteiger partial charge on any atom is 0.123 e. The smallest absolute Gasteiger partial charge is 0.123 e. The van der Waals surface area contributed by atoms with E-state index in [1.807, 2.05) is 18.3 Å². The lowest BCUT2D eigenvalue weighted by Gasteiger charge is -2.44. The van der Waals surface area contributed by atoms with Crippen molar-refractivity contribution < 1.29 is 4.39 Å². The van der Waals surface area contributed by atoms with Crippen LogP contribution in [0.5, 0.6) is 0 Å². The van der Waals surface area contributed by atoms with E-state index in [1.165, 1.54) is 25.2 Å². The highest BCUT2D eigenvalue weighted by molar-refractivity contribution is 5.46. The van der Waals surface area contributed by atoms with Crippen LogP contribution >= 0.6 is 0 Å². The summed E-state index contributed by atoms with van der Waals surface area (Å²) in [5.74, 6) is 1.02. The number of rotatable bonds is 5. The van der Waals surface area contributed by atoms with Gasteiger partial charge in [-0.15, -0.1) is 0 Å². The van der Waals surface area contributed by atoms with Crippen molar-refractivity contribution in [1.82, 2.24) is 19.4 Å². The second kappa shape index (κ2) is 8.40. The molecular formula is C21H30FN5. The lowest BCUT2D eigenvalue weighted by Crippen LogP contribution is -2.55. The molecule has 3 heterocycles. The zero-order valence-corrected chi connectivity index (χ0v) is 16.2. The number of nitrogens with zero attached hydrogens (tertiary/aromatic N) is 5. The summed E-state index contributed by atoms with van der Waals surface area (Å²) in [6.07, 6.45) is 6.53. The first-order valence-corrected chi connectivity index (χ1v) is 10.2. The minimum absolute atomic E-state index is 0.164. The monoisotopic (exact) mass is 371 g/mol. The van der Waals surface area contributed by atoms with Gasteiger partial charge >= 0.3 is 0 Å². The van der Waals surface area contributed by atoms with Crippen LogP contribution < -0.4 is 4.90 Å². The Kier molecular flexibility index (Phi) is 5.74. The fraction of sp³-hybridized carbons (Fsp3) is 0.571. The van der Waals surface area contributed by atoms with Crippen LogP contribution in [0.3, 0.4) is 0 Å². The predicted octanol–water partition coefficient (Wildman–Crippen LogP) is 2.83. The van der Waals surface area contributed by atoms with Gasteiger partial charge in [-0.1, -0.05) is 0 Å². The van der Waals surface area contributed by atoms with Gasteiger partial charge in [-0.05, 0) is 50.6 Å². The number of piperazine rings is 1. The standard InChI is InChI=1S/C21H30FN5/c1-2-25-11-9-23-21(25)17-24-10-3-4-20(16-24)27-14-12-26(13-15-27)19-7-5-18(22)6-8-19/h5-9,11,20H,2-4,10,12-17H2,1H3. The Hall–Kier alpha value is -1.92. The largest absolute Gasteiger partial charge is 0.369 e. The van der Waals surface area contributed by atoms with Gasteiger partial charge in [0, 0.05) is 63.4 Å². The maximum atomic E-state index is 13.1. The number of piperidine rings is 1. The summed E-state index contributed by atoms with van der Waals surface area (Å²) in [5.41, 5.74) is 1.13. The summed E-state index contributed by atoms with van der Waals surface area (Å²) < 4.78 is 15.4. The zero-order valence-electron chi connectivity index (χ0n) is 16.2. The van der Waals surface area contributed by atoms with E-state index in [9.17, 15) is 4.39 Å². The minimum Gasteiger partial charge on any atom is -0.369 e. The number of hydrogen-bond donors (Lipinski definition) is 0. The van der Waals surface area contributed by atoms with Crippen LogP contribution in [0.4, 0.5) is 10.1 Å². The Bertz CT molecular complexity index is 720. The molecule has 0 bridgehead atoms. The van der Waals surface area contributed by atoms with Crippen LogP contribution in [0.1, 0.15) is 25.6 Å². The number of halogens is 1. The predicted molar refractivity (Wildman–Crippen MR) is 106 cm³/mol. The molecule has 1 aromatic carbocycles. The van der Waals surface area contributed by atoms with Gasteiger partial charge in [-0.3, -0.25) is 9.80 Å². The molecule has 4 rings (SSSR count). The second-order valence-electron chi connectivity index (χ2n) is 7.66. The first kappa shape index (κ1) is 18.4. The molecule has 0 saturated carbocycles. The molecule has 27 heavy (non-hydrogen) atoms. The van der Waals surface area contributed by atoms with Crippen LogP contribution in [-0.4, -0.2) is 64.7 Å². The SMILES string of the molecule is CCn1ccnc1CN1CCCC(N2CCN(c3ccc(F)cc3)CC2)C1. The van der Waals surface area contributed by atoms with E-state index in [1.54, 1.807) is 12.1 Å². The summed E-state index contributed by atoms with van der Waals surface area (Å²) in [7, 11) is 0. The molecular weight excluding hydrogens is 341 g/mol. The van der Waals surface area contributed by atoms with E-state index >= 15 is 0 Å². The number of hydrogen-bond acceptors (Lipinski definition) is 4. The molecule has 6 heteroatoms. The van der Waals surface area contributed by atoms with Crippen molar-refractivity contribution in [2.75, 3.05) is 44.2 Å². The Balaban J connectivity index is 1.31. The summed E-state index contributed by atoms with van der Waals surface area (Å²) >= 11 is 0. The lowest BCUT2D eigenvalue weighted by atomic mass is 10.0. The number of anilines is 1. The van der Waals surface area contributed by atoms with Crippen molar-refractivity contribution in [3.8, 4) is 0 Å². The Morgan fingerprint density at radius 3 is 2.59 bits per heavy atom. The first-order valence-electron chi connectivity index (χ1n) is 10.2. The van der Waals surface area contributed by atoms with Crippen LogP contribution in [-0.2, 0) is 13.1 Å². The van der Waals surface area contributed by atoms with E-state index in [0.29, 0.717) is 6.04 Å². The maximum absolute atomic E-state index is 13.1. The highest BCUT2D eigenvalue weighted by Crippen LogP contribution is 2.22. The average Bonchev–Trinajstić information content (AvgIpc) is 3.16. The molecule has 2 saturated heterocycles. The first-order chi connectivity index (χ1) is 13.2. The quantitative estimate of drug-likeness (QED) is 0.808. The van der Waals surface area contributed by atoms with Crippen LogP contribution in [0.2, 0.25) is 0 Å². The summed E-state index contributed by atoms with van der Waals surface area (Å²) in [6.45, 7) is 10.6. The molecule has 2 fully saturated rings.